The topological polar surface area (TPSA) is 51.2 Å². The zero-order chi connectivity index (χ0) is 19.3. The van der Waals surface area contributed by atoms with Crippen LogP contribution < -0.4 is 10.1 Å². The highest BCUT2D eigenvalue weighted by atomic mass is 16.5. The van der Waals surface area contributed by atoms with Crippen molar-refractivity contribution < 1.29 is 9.53 Å². The fraction of sp³-hybridized carbons (Fsp3) is 0.217. The minimum atomic E-state index is -0.190. The van der Waals surface area contributed by atoms with Crippen molar-refractivity contribution in [1.82, 2.24) is 4.98 Å². The maximum absolute atomic E-state index is 13.0. The number of hydrogen-bond donors (Lipinski definition) is 1. The molecule has 0 fully saturated rings. The van der Waals surface area contributed by atoms with Crippen LogP contribution in [0.25, 0.3) is 0 Å². The largest absolute Gasteiger partial charge is 0.489 e. The van der Waals surface area contributed by atoms with Crippen LogP contribution in [-0.4, -0.2) is 16.3 Å². The van der Waals surface area contributed by atoms with E-state index in [0.29, 0.717) is 29.3 Å². The van der Waals surface area contributed by atoms with Gasteiger partial charge in [0.25, 0.3) is 0 Å². The quantitative estimate of drug-likeness (QED) is 0.621. The Morgan fingerprint density at radius 2 is 1.78 bits per heavy atom. The first-order valence-corrected chi connectivity index (χ1v) is 8.97. The normalized spacial score (nSPS) is 11.1. The predicted molar refractivity (Wildman–Crippen MR) is 108 cm³/mol. The van der Waals surface area contributed by atoms with Crippen LogP contribution in [0.15, 0.2) is 72.9 Å². The lowest BCUT2D eigenvalue weighted by molar-refractivity contribution is 0.103. The second kappa shape index (κ2) is 8.04. The van der Waals surface area contributed by atoms with E-state index in [-0.39, 0.29) is 11.3 Å². The highest BCUT2D eigenvalue weighted by Gasteiger charge is 2.18. The fourth-order valence-electron chi connectivity index (χ4n) is 2.67. The molecule has 0 spiro atoms. The van der Waals surface area contributed by atoms with Crippen molar-refractivity contribution >= 4 is 11.6 Å². The molecule has 0 aliphatic carbocycles. The van der Waals surface area contributed by atoms with Gasteiger partial charge >= 0.3 is 0 Å². The highest BCUT2D eigenvalue weighted by Crippen LogP contribution is 2.23. The van der Waals surface area contributed by atoms with Crippen molar-refractivity contribution in [2.45, 2.75) is 32.9 Å². The Morgan fingerprint density at radius 3 is 2.52 bits per heavy atom. The summed E-state index contributed by atoms with van der Waals surface area (Å²) in [4.78, 5) is 17.4. The van der Waals surface area contributed by atoms with Gasteiger partial charge in [0.2, 0.25) is 0 Å². The number of nitrogens with one attached hydrogen (secondary N) is 1. The first-order chi connectivity index (χ1) is 12.9. The molecule has 0 saturated carbocycles. The summed E-state index contributed by atoms with van der Waals surface area (Å²) in [6, 6.07) is 20.8. The summed E-state index contributed by atoms with van der Waals surface area (Å²) in [6.45, 7) is 6.57. The van der Waals surface area contributed by atoms with Crippen molar-refractivity contribution in [2.75, 3.05) is 5.32 Å². The van der Waals surface area contributed by atoms with Gasteiger partial charge in [-0.2, -0.15) is 0 Å². The molecule has 0 amide bonds. The summed E-state index contributed by atoms with van der Waals surface area (Å²) in [6.07, 6.45) is 1.68. The second-order valence-electron chi connectivity index (χ2n) is 7.41. The summed E-state index contributed by atoms with van der Waals surface area (Å²) in [5, 5.41) is 3.30. The molecule has 1 N–H and O–H groups in total. The van der Waals surface area contributed by atoms with E-state index in [1.54, 1.807) is 30.5 Å². The van der Waals surface area contributed by atoms with Crippen LogP contribution in [0, 0.1) is 0 Å². The number of ether oxygens (including phenoxy) is 1. The third kappa shape index (κ3) is 5.17. The molecule has 0 saturated heterocycles. The third-order valence-electron chi connectivity index (χ3n) is 3.89. The van der Waals surface area contributed by atoms with E-state index in [0.717, 1.165) is 5.56 Å². The Labute approximate surface area is 160 Å². The highest BCUT2D eigenvalue weighted by molar-refractivity contribution is 6.12. The number of aromatic nitrogens is 1. The Bertz CT molecular complexity index is 915. The van der Waals surface area contributed by atoms with E-state index in [1.807, 2.05) is 63.2 Å². The molecule has 3 rings (SSSR count). The van der Waals surface area contributed by atoms with E-state index in [1.165, 1.54) is 0 Å². The number of ketones is 1. The lowest BCUT2D eigenvalue weighted by Gasteiger charge is -2.22. The van der Waals surface area contributed by atoms with Gasteiger partial charge in [0, 0.05) is 17.3 Å². The molecule has 0 atom stereocenters. The molecule has 138 valence electrons. The van der Waals surface area contributed by atoms with Gasteiger partial charge in [-0.05, 0) is 50.6 Å². The molecule has 1 heterocycles. The smallest absolute Gasteiger partial charge is 0.196 e. The molecule has 1 aromatic heterocycles. The monoisotopic (exact) mass is 360 g/mol. The van der Waals surface area contributed by atoms with Crippen LogP contribution in [0.2, 0.25) is 0 Å². The molecule has 0 aliphatic rings. The number of rotatable bonds is 6. The molecule has 4 heteroatoms. The third-order valence-corrected chi connectivity index (χ3v) is 3.89. The van der Waals surface area contributed by atoms with Gasteiger partial charge in [0.1, 0.15) is 18.2 Å². The lowest BCUT2D eigenvalue weighted by Crippen LogP contribution is -2.28. The minimum absolute atomic E-state index is 0.0833. The van der Waals surface area contributed by atoms with Crippen molar-refractivity contribution in [1.29, 1.82) is 0 Å². The maximum Gasteiger partial charge on any atom is 0.196 e. The molecule has 0 unspecified atom stereocenters. The number of anilines is 1. The molecule has 0 aliphatic heterocycles. The van der Waals surface area contributed by atoms with Gasteiger partial charge in [0.15, 0.2) is 5.78 Å². The van der Waals surface area contributed by atoms with Crippen molar-refractivity contribution in [3.63, 3.8) is 0 Å². The van der Waals surface area contributed by atoms with Crippen molar-refractivity contribution in [2.24, 2.45) is 0 Å². The van der Waals surface area contributed by atoms with Gasteiger partial charge in [-0.3, -0.25) is 4.79 Å². The van der Waals surface area contributed by atoms with Crippen LogP contribution >= 0.6 is 0 Å². The molecule has 3 aromatic rings. The first kappa shape index (κ1) is 18.6. The average Bonchev–Trinajstić information content (AvgIpc) is 2.66. The number of hydrogen-bond acceptors (Lipinski definition) is 4. The van der Waals surface area contributed by atoms with E-state index < -0.39 is 0 Å². The molecular weight excluding hydrogens is 336 g/mol. The predicted octanol–water partition coefficient (Wildman–Crippen LogP) is 5.10. The number of nitrogens with zero attached hydrogens (tertiary/aromatic N) is 1. The average molecular weight is 360 g/mol. The SMILES string of the molecule is CC(C)(C)Nc1ncccc1C(=O)c1cccc(OCc2ccccc2)c1. The van der Waals surface area contributed by atoms with Gasteiger partial charge in [0.05, 0.1) is 5.56 Å². The minimum Gasteiger partial charge on any atom is -0.489 e. The second-order valence-corrected chi connectivity index (χ2v) is 7.41. The number of carbonyl (C=O) groups is 1. The molecule has 0 radical (unpaired) electrons. The number of pyridine rings is 1. The van der Waals surface area contributed by atoms with Crippen LogP contribution in [-0.2, 0) is 6.61 Å². The summed E-state index contributed by atoms with van der Waals surface area (Å²) in [7, 11) is 0. The summed E-state index contributed by atoms with van der Waals surface area (Å²) in [5.74, 6) is 1.17. The Hall–Kier alpha value is -3.14. The van der Waals surface area contributed by atoms with E-state index in [9.17, 15) is 4.79 Å². The molecule has 27 heavy (non-hydrogen) atoms. The maximum atomic E-state index is 13.0. The Balaban J connectivity index is 1.80. The summed E-state index contributed by atoms with van der Waals surface area (Å²) < 4.78 is 5.85. The van der Waals surface area contributed by atoms with E-state index in [4.69, 9.17) is 4.74 Å². The Kier molecular flexibility index (Phi) is 5.55. The van der Waals surface area contributed by atoms with Crippen molar-refractivity contribution in [3.05, 3.63) is 89.6 Å². The van der Waals surface area contributed by atoms with E-state index >= 15 is 0 Å². The summed E-state index contributed by atoms with van der Waals surface area (Å²) >= 11 is 0. The number of carbonyl (C=O) groups excluding carboxylic acids is 1. The molecular formula is C23H24N2O2. The van der Waals surface area contributed by atoms with Gasteiger partial charge < -0.3 is 10.1 Å². The molecule has 4 nitrogen and oxygen atoms in total. The first-order valence-electron chi connectivity index (χ1n) is 8.97. The molecule has 0 bridgehead atoms. The van der Waals surface area contributed by atoms with Crippen LogP contribution in [0.5, 0.6) is 5.75 Å². The number of benzene rings is 2. The van der Waals surface area contributed by atoms with Gasteiger partial charge in [-0.25, -0.2) is 4.98 Å². The fourth-order valence-corrected chi connectivity index (χ4v) is 2.67. The van der Waals surface area contributed by atoms with Gasteiger partial charge in [-0.1, -0.05) is 42.5 Å². The van der Waals surface area contributed by atoms with Gasteiger partial charge in [-0.15, -0.1) is 0 Å². The lowest BCUT2D eigenvalue weighted by atomic mass is 10.0. The zero-order valence-electron chi connectivity index (χ0n) is 15.9. The van der Waals surface area contributed by atoms with Crippen LogP contribution in [0.4, 0.5) is 5.82 Å². The zero-order valence-corrected chi connectivity index (χ0v) is 15.9. The van der Waals surface area contributed by atoms with E-state index in [2.05, 4.69) is 10.3 Å². The van der Waals surface area contributed by atoms with Crippen LogP contribution in [0.1, 0.15) is 42.3 Å². The van der Waals surface area contributed by atoms with Crippen LogP contribution in [0.3, 0.4) is 0 Å². The standard InChI is InChI=1S/C23H24N2O2/c1-23(2,3)25-22-20(13-8-14-24-22)21(26)18-11-7-12-19(15-18)27-16-17-9-5-4-6-10-17/h4-15H,16H2,1-3H3,(H,24,25). The Morgan fingerprint density at radius 1 is 1.00 bits per heavy atom. The van der Waals surface area contributed by atoms with Crippen molar-refractivity contribution in [3.8, 4) is 5.75 Å². The summed E-state index contributed by atoms with van der Waals surface area (Å²) in [5.41, 5.74) is 2.01. The molecule has 2 aromatic carbocycles.